The predicted molar refractivity (Wildman–Crippen MR) is 122 cm³/mol. The van der Waals surface area contributed by atoms with Crippen LogP contribution in [0.3, 0.4) is 0 Å². The molecule has 27 heavy (non-hydrogen) atoms. The van der Waals surface area contributed by atoms with E-state index in [1.54, 1.807) is 12.1 Å². The summed E-state index contributed by atoms with van der Waals surface area (Å²) in [5, 5.41) is 17.2. The number of nitrogens with zero attached hydrogens (tertiary/aromatic N) is 2. The highest BCUT2D eigenvalue weighted by molar-refractivity contribution is 14.0. The van der Waals surface area contributed by atoms with Gasteiger partial charge in [-0.25, -0.2) is 4.39 Å². The molecule has 0 bridgehead atoms. The maximum absolute atomic E-state index is 13.4. The van der Waals surface area contributed by atoms with Gasteiger partial charge in [0.15, 0.2) is 5.96 Å². The Hall–Kier alpha value is -1.09. The van der Waals surface area contributed by atoms with E-state index in [2.05, 4.69) is 20.5 Å². The van der Waals surface area contributed by atoms with E-state index in [-0.39, 0.29) is 29.8 Å². The molecule has 7 heteroatoms. The van der Waals surface area contributed by atoms with E-state index in [4.69, 9.17) is 0 Å². The maximum atomic E-state index is 13.4. The second kappa shape index (κ2) is 11.7. The zero-order valence-electron chi connectivity index (χ0n) is 16.7. The standard InChI is InChI=1S/C20H33FN4O.HI/c1-4-20(26,5-2)15-23-19(22-6-3)24-17-10-12-25(13-11-17)18-9-7-8-16(21)14-18;/h7-9,14,17,26H,4-6,10-13,15H2,1-3H3,(H2,22,23,24);1H. The minimum atomic E-state index is -0.733. The Morgan fingerprint density at radius 2 is 1.93 bits per heavy atom. The molecule has 0 aromatic heterocycles. The number of aliphatic hydroxyl groups is 1. The van der Waals surface area contributed by atoms with Crippen LogP contribution >= 0.6 is 24.0 Å². The molecule has 1 saturated heterocycles. The summed E-state index contributed by atoms with van der Waals surface area (Å²) >= 11 is 0. The van der Waals surface area contributed by atoms with Crippen molar-refractivity contribution in [1.29, 1.82) is 0 Å². The average molecular weight is 492 g/mol. The van der Waals surface area contributed by atoms with Gasteiger partial charge < -0.3 is 20.6 Å². The van der Waals surface area contributed by atoms with Crippen molar-refractivity contribution in [1.82, 2.24) is 10.6 Å². The monoisotopic (exact) mass is 492 g/mol. The zero-order chi connectivity index (χ0) is 19.0. The van der Waals surface area contributed by atoms with Gasteiger partial charge in [0.2, 0.25) is 0 Å². The normalized spacial score (nSPS) is 16.0. The molecule has 0 atom stereocenters. The van der Waals surface area contributed by atoms with Gasteiger partial charge in [0.1, 0.15) is 5.82 Å². The number of hydrogen-bond donors (Lipinski definition) is 3. The van der Waals surface area contributed by atoms with Gasteiger partial charge in [0.25, 0.3) is 0 Å². The van der Waals surface area contributed by atoms with E-state index in [1.807, 2.05) is 26.8 Å². The lowest BCUT2D eigenvalue weighted by Crippen LogP contribution is -2.49. The Kier molecular flexibility index (Phi) is 10.4. The molecule has 0 aliphatic carbocycles. The van der Waals surface area contributed by atoms with Crippen LogP contribution in [0.5, 0.6) is 0 Å². The third kappa shape index (κ3) is 7.44. The van der Waals surface area contributed by atoms with Crippen molar-refractivity contribution in [3.05, 3.63) is 30.1 Å². The van der Waals surface area contributed by atoms with Crippen molar-refractivity contribution >= 4 is 35.6 Å². The average Bonchev–Trinajstić information content (AvgIpc) is 2.66. The van der Waals surface area contributed by atoms with Crippen molar-refractivity contribution in [2.24, 2.45) is 4.99 Å². The number of halogens is 2. The van der Waals surface area contributed by atoms with Gasteiger partial charge in [-0.1, -0.05) is 19.9 Å². The maximum Gasteiger partial charge on any atom is 0.191 e. The number of piperidine rings is 1. The second-order valence-corrected chi connectivity index (χ2v) is 7.01. The largest absolute Gasteiger partial charge is 0.388 e. The van der Waals surface area contributed by atoms with Gasteiger partial charge in [-0.2, -0.15) is 0 Å². The van der Waals surface area contributed by atoms with Crippen LogP contribution in [-0.4, -0.2) is 48.9 Å². The summed E-state index contributed by atoms with van der Waals surface area (Å²) in [5.41, 5.74) is 0.211. The van der Waals surface area contributed by atoms with Crippen molar-refractivity contribution < 1.29 is 9.50 Å². The van der Waals surface area contributed by atoms with Crippen molar-refractivity contribution in [2.75, 3.05) is 31.1 Å². The SMILES string of the molecule is CCNC(=NCC(O)(CC)CC)NC1CCN(c2cccc(F)c2)CC1.I. The number of nitrogens with one attached hydrogen (secondary N) is 2. The molecular formula is C20H34FIN4O. The molecule has 1 aromatic carbocycles. The Labute approximate surface area is 179 Å². The lowest BCUT2D eigenvalue weighted by molar-refractivity contribution is 0.0417. The first kappa shape index (κ1) is 23.9. The lowest BCUT2D eigenvalue weighted by atomic mass is 9.98. The van der Waals surface area contributed by atoms with Gasteiger partial charge in [-0.05, 0) is 50.8 Å². The Morgan fingerprint density at radius 1 is 1.26 bits per heavy atom. The number of guanidine groups is 1. The number of hydrogen-bond acceptors (Lipinski definition) is 3. The molecule has 0 unspecified atom stereocenters. The third-order valence-electron chi connectivity index (χ3n) is 5.20. The van der Waals surface area contributed by atoms with E-state index in [1.165, 1.54) is 6.07 Å². The molecule has 0 radical (unpaired) electrons. The fourth-order valence-corrected chi connectivity index (χ4v) is 3.17. The molecular weight excluding hydrogens is 458 g/mol. The number of rotatable bonds is 7. The van der Waals surface area contributed by atoms with Gasteiger partial charge in [0, 0.05) is 31.4 Å². The molecule has 1 aromatic rings. The molecule has 0 spiro atoms. The minimum Gasteiger partial charge on any atom is -0.388 e. The summed E-state index contributed by atoms with van der Waals surface area (Å²) in [6.45, 7) is 8.96. The topological polar surface area (TPSA) is 59.9 Å². The van der Waals surface area contributed by atoms with Crippen LogP contribution in [0.1, 0.15) is 46.5 Å². The number of benzene rings is 1. The molecule has 0 saturated carbocycles. The van der Waals surface area contributed by atoms with Gasteiger partial charge in [0.05, 0.1) is 12.1 Å². The highest BCUT2D eigenvalue weighted by atomic mass is 127. The molecule has 1 heterocycles. The summed E-state index contributed by atoms with van der Waals surface area (Å²) in [7, 11) is 0. The van der Waals surface area contributed by atoms with Crippen molar-refractivity contribution in [3.8, 4) is 0 Å². The van der Waals surface area contributed by atoms with E-state index < -0.39 is 5.60 Å². The first-order valence-electron chi connectivity index (χ1n) is 9.77. The molecule has 5 nitrogen and oxygen atoms in total. The fourth-order valence-electron chi connectivity index (χ4n) is 3.17. The number of aliphatic imine (C=N–C) groups is 1. The zero-order valence-corrected chi connectivity index (χ0v) is 19.0. The molecule has 0 amide bonds. The molecule has 2 rings (SSSR count). The van der Waals surface area contributed by atoms with Crippen LogP contribution in [-0.2, 0) is 0 Å². The van der Waals surface area contributed by atoms with Gasteiger partial charge in [-0.3, -0.25) is 4.99 Å². The Balaban J connectivity index is 0.00000364. The van der Waals surface area contributed by atoms with Crippen LogP contribution in [0.25, 0.3) is 0 Å². The highest BCUT2D eigenvalue weighted by Gasteiger charge is 2.23. The summed E-state index contributed by atoms with van der Waals surface area (Å²) in [5.74, 6) is 0.570. The van der Waals surface area contributed by atoms with Crippen molar-refractivity contribution in [2.45, 2.75) is 58.1 Å². The molecule has 154 valence electrons. The second-order valence-electron chi connectivity index (χ2n) is 7.01. The first-order chi connectivity index (χ1) is 12.5. The summed E-state index contributed by atoms with van der Waals surface area (Å²) in [6, 6.07) is 7.11. The fraction of sp³-hybridized carbons (Fsp3) is 0.650. The van der Waals surface area contributed by atoms with Crippen LogP contribution in [0.15, 0.2) is 29.3 Å². The minimum absolute atomic E-state index is 0. The van der Waals surface area contributed by atoms with E-state index in [0.717, 1.165) is 44.1 Å². The van der Waals surface area contributed by atoms with E-state index in [9.17, 15) is 9.50 Å². The third-order valence-corrected chi connectivity index (χ3v) is 5.20. The van der Waals surface area contributed by atoms with Crippen LogP contribution < -0.4 is 15.5 Å². The number of anilines is 1. The first-order valence-corrected chi connectivity index (χ1v) is 9.77. The molecule has 1 fully saturated rings. The van der Waals surface area contributed by atoms with Crippen LogP contribution in [0.4, 0.5) is 10.1 Å². The quantitative estimate of drug-likeness (QED) is 0.310. The molecule has 1 aliphatic rings. The lowest BCUT2D eigenvalue weighted by Gasteiger charge is -2.34. The summed E-state index contributed by atoms with van der Waals surface area (Å²) in [4.78, 5) is 6.81. The van der Waals surface area contributed by atoms with Crippen molar-refractivity contribution in [3.63, 3.8) is 0 Å². The predicted octanol–water partition coefficient (Wildman–Crippen LogP) is 3.52. The molecule has 3 N–H and O–H groups in total. The van der Waals surface area contributed by atoms with Gasteiger partial charge in [-0.15, -0.1) is 24.0 Å². The van der Waals surface area contributed by atoms with Gasteiger partial charge >= 0.3 is 0 Å². The highest BCUT2D eigenvalue weighted by Crippen LogP contribution is 2.21. The van der Waals surface area contributed by atoms with Crippen LogP contribution in [0, 0.1) is 5.82 Å². The van der Waals surface area contributed by atoms with Crippen LogP contribution in [0.2, 0.25) is 0 Å². The summed E-state index contributed by atoms with van der Waals surface area (Å²) in [6.07, 6.45) is 3.32. The Bertz CT molecular complexity index is 587. The van der Waals surface area contributed by atoms with E-state index in [0.29, 0.717) is 25.4 Å². The smallest absolute Gasteiger partial charge is 0.191 e. The summed E-state index contributed by atoms with van der Waals surface area (Å²) < 4.78 is 13.4. The molecule has 1 aliphatic heterocycles. The Morgan fingerprint density at radius 3 is 2.48 bits per heavy atom. The van der Waals surface area contributed by atoms with E-state index >= 15 is 0 Å².